The van der Waals surface area contributed by atoms with Crippen molar-refractivity contribution in [1.29, 1.82) is 0 Å². The predicted octanol–water partition coefficient (Wildman–Crippen LogP) is 2.04. The Labute approximate surface area is 185 Å². The molecular weight excluding hydrogens is 432 g/mol. The lowest BCUT2D eigenvalue weighted by Crippen LogP contribution is -2.29. The van der Waals surface area contributed by atoms with Crippen LogP contribution in [0, 0.1) is 10.1 Å². The van der Waals surface area contributed by atoms with Gasteiger partial charge in [-0.15, -0.1) is 0 Å². The largest absolute Gasteiger partial charge is 0.493 e. The minimum absolute atomic E-state index is 0.108. The van der Waals surface area contributed by atoms with Crippen molar-refractivity contribution in [3.05, 3.63) is 74.1 Å². The highest BCUT2D eigenvalue weighted by Crippen LogP contribution is 2.43. The third-order valence-electron chi connectivity index (χ3n) is 5.32. The molecule has 13 heteroatoms. The molecule has 1 aliphatic rings. The van der Waals surface area contributed by atoms with E-state index in [1.807, 2.05) is 0 Å². The number of hydrogen-bond acceptors (Lipinski definition) is 10. The first-order valence-corrected chi connectivity index (χ1v) is 9.66. The van der Waals surface area contributed by atoms with Crippen LogP contribution in [0.3, 0.4) is 0 Å². The van der Waals surface area contributed by atoms with Gasteiger partial charge in [0.2, 0.25) is 5.95 Å². The SMILES string of the molecule is COc1ccc([C@@H]2c3c(-c4cccc([N+](=O)[O-])c4)n[nH]c(=O)c3Nc3nnnn32)cc1OC. The van der Waals surface area contributed by atoms with Crippen molar-refractivity contribution in [1.82, 2.24) is 30.4 Å². The molecule has 0 fully saturated rings. The third-order valence-corrected chi connectivity index (χ3v) is 5.32. The molecule has 2 aromatic carbocycles. The molecule has 33 heavy (non-hydrogen) atoms. The Balaban J connectivity index is 1.79. The summed E-state index contributed by atoms with van der Waals surface area (Å²) < 4.78 is 12.3. The fourth-order valence-corrected chi connectivity index (χ4v) is 3.86. The van der Waals surface area contributed by atoms with Gasteiger partial charge in [0.25, 0.3) is 11.2 Å². The van der Waals surface area contributed by atoms with Gasteiger partial charge in [0.15, 0.2) is 11.5 Å². The van der Waals surface area contributed by atoms with Crippen molar-refractivity contribution in [3.63, 3.8) is 0 Å². The lowest BCUT2D eigenvalue weighted by molar-refractivity contribution is -0.384. The number of nitro benzene ring substituents is 1. The number of rotatable bonds is 5. The highest BCUT2D eigenvalue weighted by atomic mass is 16.6. The molecule has 0 aliphatic carbocycles. The number of nitrogens with zero attached hydrogens (tertiary/aromatic N) is 6. The van der Waals surface area contributed by atoms with Crippen LogP contribution in [0.2, 0.25) is 0 Å². The van der Waals surface area contributed by atoms with E-state index in [1.54, 1.807) is 30.3 Å². The van der Waals surface area contributed by atoms with Gasteiger partial charge in [-0.3, -0.25) is 14.9 Å². The van der Waals surface area contributed by atoms with Crippen LogP contribution in [0.5, 0.6) is 11.5 Å². The summed E-state index contributed by atoms with van der Waals surface area (Å²) in [6.45, 7) is 0. The summed E-state index contributed by atoms with van der Waals surface area (Å²) >= 11 is 0. The molecule has 0 radical (unpaired) electrons. The lowest BCUT2D eigenvalue weighted by atomic mass is 9.92. The summed E-state index contributed by atoms with van der Waals surface area (Å²) in [6.07, 6.45) is 0. The molecule has 166 valence electrons. The van der Waals surface area contributed by atoms with Gasteiger partial charge in [-0.05, 0) is 28.1 Å². The van der Waals surface area contributed by atoms with Crippen LogP contribution in [0.25, 0.3) is 11.3 Å². The molecule has 4 aromatic rings. The van der Waals surface area contributed by atoms with Gasteiger partial charge >= 0.3 is 0 Å². The number of hydrogen-bond donors (Lipinski definition) is 2. The first-order valence-electron chi connectivity index (χ1n) is 9.66. The molecule has 5 rings (SSSR count). The zero-order chi connectivity index (χ0) is 23.1. The van der Waals surface area contributed by atoms with Crippen molar-refractivity contribution >= 4 is 17.3 Å². The van der Waals surface area contributed by atoms with Crippen LogP contribution in [-0.4, -0.2) is 49.5 Å². The summed E-state index contributed by atoms with van der Waals surface area (Å²) in [5, 5.41) is 32.7. The van der Waals surface area contributed by atoms with Crippen LogP contribution in [0.4, 0.5) is 17.3 Å². The molecule has 0 unspecified atom stereocenters. The normalized spacial score (nSPS) is 14.1. The highest BCUT2D eigenvalue weighted by Gasteiger charge is 2.35. The molecule has 0 saturated heterocycles. The molecular formula is C20H16N8O5. The number of aromatic nitrogens is 6. The Kier molecular flexibility index (Phi) is 4.70. The van der Waals surface area contributed by atoms with Crippen molar-refractivity contribution in [2.45, 2.75) is 6.04 Å². The summed E-state index contributed by atoms with van der Waals surface area (Å²) in [5.41, 5.74) is 1.51. The Morgan fingerprint density at radius 3 is 2.70 bits per heavy atom. The first-order chi connectivity index (χ1) is 16.0. The maximum atomic E-state index is 12.7. The first kappa shape index (κ1) is 20.1. The number of non-ortho nitro benzene ring substituents is 1. The van der Waals surface area contributed by atoms with Gasteiger partial charge in [0.05, 0.1) is 24.8 Å². The summed E-state index contributed by atoms with van der Waals surface area (Å²) in [7, 11) is 3.04. The second-order valence-corrected chi connectivity index (χ2v) is 7.09. The molecule has 0 saturated carbocycles. The van der Waals surface area contributed by atoms with Crippen LogP contribution >= 0.6 is 0 Å². The van der Waals surface area contributed by atoms with Crippen molar-refractivity contribution < 1.29 is 14.4 Å². The number of tetrazole rings is 1. The van der Waals surface area contributed by atoms with Crippen LogP contribution in [0.15, 0.2) is 47.3 Å². The standard InChI is InChI=1S/C20H16N8O5/c1-32-13-7-6-11(9-14(13)33-2)18-15-16(10-4-3-5-12(8-10)28(30)31)22-23-19(29)17(15)21-20-24-25-26-27(18)20/h3-9,18H,1-2H3,(H,23,29)(H,21,24,26)/t18-/m1/s1. The summed E-state index contributed by atoms with van der Waals surface area (Å²) in [4.78, 5) is 23.6. The zero-order valence-electron chi connectivity index (χ0n) is 17.3. The number of benzene rings is 2. The number of nitrogens with one attached hydrogen (secondary N) is 2. The average Bonchev–Trinajstić information content (AvgIpc) is 3.31. The quantitative estimate of drug-likeness (QED) is 0.300. The number of aromatic amines is 1. The Hall–Kier alpha value is -4.81. The number of ether oxygens (including phenoxy) is 2. The van der Waals surface area contributed by atoms with Gasteiger partial charge < -0.3 is 14.8 Å². The molecule has 2 N–H and O–H groups in total. The zero-order valence-corrected chi connectivity index (χ0v) is 17.3. The smallest absolute Gasteiger partial charge is 0.288 e. The molecule has 13 nitrogen and oxygen atoms in total. The third kappa shape index (κ3) is 3.22. The number of fused-ring (bicyclic) bond motifs is 2. The number of H-pyrrole nitrogens is 1. The fourth-order valence-electron chi connectivity index (χ4n) is 3.86. The lowest BCUT2D eigenvalue weighted by Gasteiger charge is -2.28. The Bertz CT molecular complexity index is 1450. The van der Waals surface area contributed by atoms with E-state index >= 15 is 0 Å². The highest BCUT2D eigenvalue weighted by molar-refractivity contribution is 5.76. The molecule has 0 spiro atoms. The van der Waals surface area contributed by atoms with Crippen LogP contribution < -0.4 is 20.3 Å². The predicted molar refractivity (Wildman–Crippen MR) is 115 cm³/mol. The Morgan fingerprint density at radius 1 is 1.12 bits per heavy atom. The topological polar surface area (TPSA) is 163 Å². The summed E-state index contributed by atoms with van der Waals surface area (Å²) in [5.74, 6) is 1.25. The van der Waals surface area contributed by atoms with Gasteiger partial charge in [0.1, 0.15) is 11.7 Å². The molecule has 3 heterocycles. The average molecular weight is 448 g/mol. The number of methoxy groups -OCH3 is 2. The van der Waals surface area contributed by atoms with E-state index in [2.05, 4.69) is 31.0 Å². The van der Waals surface area contributed by atoms with Crippen molar-refractivity contribution in [2.24, 2.45) is 0 Å². The fraction of sp³-hybridized carbons (Fsp3) is 0.150. The maximum Gasteiger partial charge on any atom is 0.288 e. The van der Waals surface area contributed by atoms with E-state index in [-0.39, 0.29) is 17.3 Å². The molecule has 1 atom stereocenters. The van der Waals surface area contributed by atoms with Gasteiger partial charge in [0, 0.05) is 23.3 Å². The number of nitro groups is 1. The van der Waals surface area contributed by atoms with E-state index in [0.717, 1.165) is 0 Å². The van der Waals surface area contributed by atoms with Crippen molar-refractivity contribution in [3.8, 4) is 22.8 Å². The van der Waals surface area contributed by atoms with Gasteiger partial charge in [-0.2, -0.15) is 9.78 Å². The maximum absolute atomic E-state index is 12.7. The van der Waals surface area contributed by atoms with E-state index in [0.29, 0.717) is 33.9 Å². The monoisotopic (exact) mass is 448 g/mol. The van der Waals surface area contributed by atoms with Crippen LogP contribution in [-0.2, 0) is 0 Å². The molecule has 2 aromatic heterocycles. The van der Waals surface area contributed by atoms with E-state index in [4.69, 9.17) is 9.47 Å². The molecule has 0 bridgehead atoms. The minimum Gasteiger partial charge on any atom is -0.493 e. The van der Waals surface area contributed by atoms with Crippen LogP contribution in [0.1, 0.15) is 17.2 Å². The molecule has 1 aliphatic heterocycles. The van der Waals surface area contributed by atoms with E-state index in [9.17, 15) is 14.9 Å². The second kappa shape index (κ2) is 7.71. The van der Waals surface area contributed by atoms with Crippen molar-refractivity contribution in [2.75, 3.05) is 19.5 Å². The minimum atomic E-state index is -0.685. The van der Waals surface area contributed by atoms with E-state index in [1.165, 1.54) is 31.0 Å². The number of anilines is 2. The van der Waals surface area contributed by atoms with Gasteiger partial charge in [-0.1, -0.05) is 23.3 Å². The van der Waals surface area contributed by atoms with E-state index < -0.39 is 16.5 Å². The second-order valence-electron chi connectivity index (χ2n) is 7.09. The Morgan fingerprint density at radius 2 is 1.94 bits per heavy atom. The van der Waals surface area contributed by atoms with Gasteiger partial charge in [-0.25, -0.2) is 5.10 Å². The molecule has 0 amide bonds. The summed E-state index contributed by atoms with van der Waals surface area (Å²) in [6, 6.07) is 10.6.